The van der Waals surface area contributed by atoms with Gasteiger partial charge >= 0.3 is 5.69 Å². The van der Waals surface area contributed by atoms with Crippen LogP contribution in [-0.2, 0) is 11.2 Å². The molecule has 0 radical (unpaired) electrons. The Hall–Kier alpha value is -2.83. The highest BCUT2D eigenvalue weighted by Crippen LogP contribution is 2.33. The van der Waals surface area contributed by atoms with E-state index in [-0.39, 0.29) is 18.4 Å². The van der Waals surface area contributed by atoms with Gasteiger partial charge in [0.05, 0.1) is 13.2 Å². The summed E-state index contributed by atoms with van der Waals surface area (Å²) in [5, 5.41) is 0. The zero-order valence-corrected chi connectivity index (χ0v) is 15.0. The molecule has 2 N–H and O–H groups in total. The number of aromatic amines is 2. The molecule has 0 saturated carbocycles. The summed E-state index contributed by atoms with van der Waals surface area (Å²) in [6.07, 6.45) is 2.43. The van der Waals surface area contributed by atoms with Crippen LogP contribution in [0.2, 0.25) is 0 Å². The van der Waals surface area contributed by atoms with E-state index in [1.165, 1.54) is 0 Å². The zero-order valence-electron chi connectivity index (χ0n) is 15.0. The molecular weight excluding hydrogens is 334 g/mol. The second-order valence-electron chi connectivity index (χ2n) is 6.53. The molecule has 0 bridgehead atoms. The number of likely N-dealkylation sites (tertiary alicyclic amines) is 1. The number of carbonyl (C=O) groups is 1. The third-order valence-corrected chi connectivity index (χ3v) is 4.92. The number of methoxy groups -OCH3 is 1. The molecule has 26 heavy (non-hydrogen) atoms. The average molecular weight is 357 g/mol. The number of benzene rings is 1. The normalized spacial score (nSPS) is 16.7. The van der Waals surface area contributed by atoms with Crippen molar-refractivity contribution in [2.24, 2.45) is 0 Å². The largest absolute Gasteiger partial charge is 0.497 e. The van der Waals surface area contributed by atoms with Crippen molar-refractivity contribution in [2.45, 2.75) is 38.6 Å². The van der Waals surface area contributed by atoms with E-state index in [4.69, 9.17) is 4.74 Å². The van der Waals surface area contributed by atoms with Gasteiger partial charge in [-0.3, -0.25) is 14.6 Å². The fourth-order valence-electron chi connectivity index (χ4n) is 3.54. The average Bonchev–Trinajstić information content (AvgIpc) is 3.10. The van der Waals surface area contributed by atoms with Crippen molar-refractivity contribution in [1.82, 2.24) is 14.9 Å². The molecule has 3 rings (SSSR count). The van der Waals surface area contributed by atoms with Gasteiger partial charge in [0, 0.05) is 24.2 Å². The highest BCUT2D eigenvalue weighted by molar-refractivity contribution is 5.77. The SMILES string of the molecule is COc1ccc([C@H]2CCCN2C(=O)CCc2c(C)[nH]c(=O)[nH]c2=O)cc1. The van der Waals surface area contributed by atoms with E-state index in [1.807, 2.05) is 29.2 Å². The fourth-order valence-corrected chi connectivity index (χ4v) is 3.54. The molecule has 0 spiro atoms. The van der Waals surface area contributed by atoms with Crippen LogP contribution in [0.1, 0.15) is 42.1 Å². The second-order valence-corrected chi connectivity index (χ2v) is 6.53. The molecule has 1 aliphatic heterocycles. The standard InChI is InChI=1S/C19H23N3O4/c1-12-15(18(24)21-19(25)20-12)9-10-17(23)22-11-3-4-16(22)13-5-7-14(26-2)8-6-13/h5-8,16H,3-4,9-11H2,1-2H3,(H2,20,21,24,25)/t16-/m1/s1. The molecule has 0 aliphatic carbocycles. The number of hydrogen-bond acceptors (Lipinski definition) is 4. The molecule has 1 atom stereocenters. The molecular formula is C19H23N3O4. The van der Waals surface area contributed by atoms with Crippen molar-refractivity contribution in [3.05, 3.63) is 61.9 Å². The molecule has 1 aromatic carbocycles. The van der Waals surface area contributed by atoms with Crippen LogP contribution in [0.3, 0.4) is 0 Å². The molecule has 7 nitrogen and oxygen atoms in total. The summed E-state index contributed by atoms with van der Waals surface area (Å²) in [6, 6.07) is 7.85. The van der Waals surface area contributed by atoms with Gasteiger partial charge in [0.25, 0.3) is 5.56 Å². The van der Waals surface area contributed by atoms with E-state index in [0.29, 0.717) is 17.7 Å². The predicted molar refractivity (Wildman–Crippen MR) is 97.4 cm³/mol. The molecule has 1 saturated heterocycles. The van der Waals surface area contributed by atoms with Crippen molar-refractivity contribution in [1.29, 1.82) is 0 Å². The van der Waals surface area contributed by atoms with Crippen LogP contribution in [0.5, 0.6) is 5.75 Å². The first kappa shape index (κ1) is 18.0. The van der Waals surface area contributed by atoms with Crippen LogP contribution in [0.4, 0.5) is 0 Å². The van der Waals surface area contributed by atoms with Crippen molar-refractivity contribution in [3.8, 4) is 5.75 Å². The summed E-state index contributed by atoms with van der Waals surface area (Å²) < 4.78 is 5.19. The van der Waals surface area contributed by atoms with Gasteiger partial charge in [-0.2, -0.15) is 0 Å². The molecule has 1 aliphatic rings. The number of carbonyl (C=O) groups excluding carboxylic acids is 1. The summed E-state index contributed by atoms with van der Waals surface area (Å²) in [5.74, 6) is 0.811. The number of aryl methyl sites for hydroxylation is 1. The maximum atomic E-state index is 12.7. The predicted octanol–water partition coefficient (Wildman–Crippen LogP) is 1.68. The van der Waals surface area contributed by atoms with Crippen LogP contribution in [0, 0.1) is 6.92 Å². The monoisotopic (exact) mass is 357 g/mol. The quantitative estimate of drug-likeness (QED) is 0.851. The van der Waals surface area contributed by atoms with Gasteiger partial charge < -0.3 is 14.6 Å². The molecule has 138 valence electrons. The third kappa shape index (κ3) is 3.71. The van der Waals surface area contributed by atoms with Gasteiger partial charge in [0.15, 0.2) is 0 Å². The number of nitrogens with one attached hydrogen (secondary N) is 2. The van der Waals surface area contributed by atoms with Crippen LogP contribution in [-0.4, -0.2) is 34.4 Å². The van der Waals surface area contributed by atoms with Crippen molar-refractivity contribution < 1.29 is 9.53 Å². The maximum absolute atomic E-state index is 12.7. The number of rotatable bonds is 5. The maximum Gasteiger partial charge on any atom is 0.325 e. The number of nitrogens with zero attached hydrogens (tertiary/aromatic N) is 1. The number of amides is 1. The van der Waals surface area contributed by atoms with Crippen molar-refractivity contribution in [3.63, 3.8) is 0 Å². The van der Waals surface area contributed by atoms with Crippen LogP contribution < -0.4 is 16.0 Å². The van der Waals surface area contributed by atoms with E-state index in [1.54, 1.807) is 14.0 Å². The lowest BCUT2D eigenvalue weighted by molar-refractivity contribution is -0.132. The lowest BCUT2D eigenvalue weighted by Crippen LogP contribution is -2.32. The first-order valence-electron chi connectivity index (χ1n) is 8.75. The molecule has 7 heteroatoms. The Balaban J connectivity index is 1.70. The van der Waals surface area contributed by atoms with Gasteiger partial charge in [0.1, 0.15) is 5.75 Å². The molecule has 1 aromatic heterocycles. The molecule has 2 aromatic rings. The smallest absolute Gasteiger partial charge is 0.325 e. The van der Waals surface area contributed by atoms with Gasteiger partial charge in [-0.05, 0) is 43.9 Å². The summed E-state index contributed by atoms with van der Waals surface area (Å²) in [4.78, 5) is 42.6. The van der Waals surface area contributed by atoms with E-state index < -0.39 is 11.2 Å². The van der Waals surface area contributed by atoms with E-state index in [0.717, 1.165) is 30.7 Å². The zero-order chi connectivity index (χ0) is 18.7. The number of H-pyrrole nitrogens is 2. The minimum Gasteiger partial charge on any atom is -0.497 e. The Morgan fingerprint density at radius 2 is 1.96 bits per heavy atom. The molecule has 1 amide bonds. The molecule has 0 unspecified atom stereocenters. The van der Waals surface area contributed by atoms with Crippen LogP contribution in [0.15, 0.2) is 33.9 Å². The summed E-state index contributed by atoms with van der Waals surface area (Å²) in [7, 11) is 1.63. The first-order valence-corrected chi connectivity index (χ1v) is 8.75. The highest BCUT2D eigenvalue weighted by Gasteiger charge is 2.29. The Morgan fingerprint density at radius 3 is 2.62 bits per heavy atom. The Kier molecular flexibility index (Phi) is 5.25. The minimum absolute atomic E-state index is 0.0216. The van der Waals surface area contributed by atoms with E-state index in [9.17, 15) is 14.4 Å². The van der Waals surface area contributed by atoms with Gasteiger partial charge in [0.2, 0.25) is 5.91 Å². The second kappa shape index (κ2) is 7.59. The lowest BCUT2D eigenvalue weighted by Gasteiger charge is -2.25. The van der Waals surface area contributed by atoms with E-state index >= 15 is 0 Å². The first-order chi connectivity index (χ1) is 12.5. The Morgan fingerprint density at radius 1 is 1.23 bits per heavy atom. The summed E-state index contributed by atoms with van der Waals surface area (Å²) in [6.45, 7) is 2.39. The Bertz CT molecular complexity index is 898. The van der Waals surface area contributed by atoms with Gasteiger partial charge in [-0.1, -0.05) is 12.1 Å². The lowest BCUT2D eigenvalue weighted by atomic mass is 10.0. The summed E-state index contributed by atoms with van der Waals surface area (Å²) >= 11 is 0. The molecule has 2 heterocycles. The van der Waals surface area contributed by atoms with E-state index in [2.05, 4.69) is 9.97 Å². The van der Waals surface area contributed by atoms with Crippen molar-refractivity contribution >= 4 is 5.91 Å². The number of aromatic nitrogens is 2. The summed E-state index contributed by atoms with van der Waals surface area (Å²) in [5.41, 5.74) is 1.11. The topological polar surface area (TPSA) is 95.3 Å². The number of ether oxygens (including phenoxy) is 1. The third-order valence-electron chi connectivity index (χ3n) is 4.92. The Labute approximate surface area is 151 Å². The van der Waals surface area contributed by atoms with Gasteiger partial charge in [-0.25, -0.2) is 4.79 Å². The van der Waals surface area contributed by atoms with Gasteiger partial charge in [-0.15, -0.1) is 0 Å². The minimum atomic E-state index is -0.526. The highest BCUT2D eigenvalue weighted by atomic mass is 16.5. The fraction of sp³-hybridized carbons (Fsp3) is 0.421. The van der Waals surface area contributed by atoms with Crippen molar-refractivity contribution in [2.75, 3.05) is 13.7 Å². The van der Waals surface area contributed by atoms with Crippen LogP contribution in [0.25, 0.3) is 0 Å². The molecule has 1 fully saturated rings. The van der Waals surface area contributed by atoms with Crippen LogP contribution >= 0.6 is 0 Å². The number of hydrogen-bond donors (Lipinski definition) is 2.